The molecular formula is C16H18BrN3O3S. The molecule has 0 radical (unpaired) electrons. The Kier molecular flexibility index (Phi) is 6.74. The Morgan fingerprint density at radius 2 is 2.12 bits per heavy atom. The van der Waals surface area contributed by atoms with E-state index in [0.29, 0.717) is 23.8 Å². The van der Waals surface area contributed by atoms with Crippen molar-refractivity contribution in [3.05, 3.63) is 44.8 Å². The van der Waals surface area contributed by atoms with Crippen LogP contribution < -0.4 is 5.32 Å². The van der Waals surface area contributed by atoms with E-state index in [1.807, 2.05) is 31.2 Å². The van der Waals surface area contributed by atoms with Crippen molar-refractivity contribution in [2.24, 2.45) is 0 Å². The number of rotatable bonds is 6. The van der Waals surface area contributed by atoms with Gasteiger partial charge in [-0.25, -0.2) is 14.6 Å². The molecule has 0 unspecified atom stereocenters. The minimum Gasteiger partial charge on any atom is -0.464 e. The number of hydrogen-bond donors (Lipinski definition) is 1. The molecule has 0 spiro atoms. The van der Waals surface area contributed by atoms with E-state index in [-0.39, 0.29) is 11.7 Å². The lowest BCUT2D eigenvalue weighted by Crippen LogP contribution is -2.35. The largest absolute Gasteiger partial charge is 0.464 e. The number of halogens is 1. The lowest BCUT2D eigenvalue weighted by atomic mass is 10.3. The molecule has 2 amide bonds. The van der Waals surface area contributed by atoms with E-state index >= 15 is 0 Å². The molecule has 128 valence electrons. The Balaban J connectivity index is 2.08. The van der Waals surface area contributed by atoms with Crippen LogP contribution in [0.3, 0.4) is 0 Å². The Labute approximate surface area is 153 Å². The highest BCUT2D eigenvalue weighted by Gasteiger charge is 2.18. The summed E-state index contributed by atoms with van der Waals surface area (Å²) in [7, 11) is 1.32. The van der Waals surface area contributed by atoms with Crippen molar-refractivity contribution < 1.29 is 14.3 Å². The van der Waals surface area contributed by atoms with Crippen molar-refractivity contribution in [2.45, 2.75) is 19.9 Å². The standard InChI is InChI=1S/C16H18BrN3O3S/c1-3-8-20(9-14-18-13(10-24-14)15(21)23-2)16(22)19-12-7-5-4-6-11(12)17/h4-7,10H,3,8-9H2,1-2H3,(H,19,22). The summed E-state index contributed by atoms with van der Waals surface area (Å²) in [6.07, 6.45) is 0.818. The molecule has 1 aromatic heterocycles. The predicted molar refractivity (Wildman–Crippen MR) is 97.3 cm³/mol. The molecule has 0 aliphatic carbocycles. The van der Waals surface area contributed by atoms with Gasteiger partial charge in [0.1, 0.15) is 5.01 Å². The molecule has 0 fully saturated rings. The highest BCUT2D eigenvalue weighted by Crippen LogP contribution is 2.22. The quantitative estimate of drug-likeness (QED) is 0.724. The molecule has 2 rings (SSSR count). The van der Waals surface area contributed by atoms with E-state index in [2.05, 4.69) is 31.0 Å². The maximum absolute atomic E-state index is 12.5. The van der Waals surface area contributed by atoms with Crippen LogP contribution in [-0.2, 0) is 11.3 Å². The van der Waals surface area contributed by atoms with Gasteiger partial charge in [-0.3, -0.25) is 0 Å². The summed E-state index contributed by atoms with van der Waals surface area (Å²) in [4.78, 5) is 29.9. The van der Waals surface area contributed by atoms with E-state index in [0.717, 1.165) is 10.9 Å². The Hall–Kier alpha value is -1.93. The van der Waals surface area contributed by atoms with Crippen LogP contribution in [0.15, 0.2) is 34.1 Å². The molecule has 1 aromatic carbocycles. The lowest BCUT2D eigenvalue weighted by Gasteiger charge is -2.21. The zero-order valence-corrected chi connectivity index (χ0v) is 15.8. The zero-order chi connectivity index (χ0) is 17.5. The van der Waals surface area contributed by atoms with Gasteiger partial charge in [-0.05, 0) is 34.5 Å². The van der Waals surface area contributed by atoms with Gasteiger partial charge in [0.25, 0.3) is 0 Å². The van der Waals surface area contributed by atoms with Gasteiger partial charge in [0.2, 0.25) is 0 Å². The first kappa shape index (κ1) is 18.4. The molecule has 8 heteroatoms. The molecule has 1 heterocycles. The van der Waals surface area contributed by atoms with Crippen molar-refractivity contribution in [1.29, 1.82) is 0 Å². The minimum absolute atomic E-state index is 0.210. The number of anilines is 1. The summed E-state index contributed by atoms with van der Waals surface area (Å²) in [5.74, 6) is -0.475. The van der Waals surface area contributed by atoms with Crippen molar-refractivity contribution >= 4 is 45.0 Å². The van der Waals surface area contributed by atoms with Crippen LogP contribution in [0.2, 0.25) is 0 Å². The molecular weight excluding hydrogens is 394 g/mol. The first-order valence-corrected chi connectivity index (χ1v) is 9.05. The predicted octanol–water partition coefficient (Wildman–Crippen LogP) is 4.14. The monoisotopic (exact) mass is 411 g/mol. The average Bonchev–Trinajstić information content (AvgIpc) is 3.04. The molecule has 24 heavy (non-hydrogen) atoms. The van der Waals surface area contributed by atoms with Gasteiger partial charge in [0.15, 0.2) is 5.69 Å². The molecule has 0 bridgehead atoms. The number of para-hydroxylation sites is 1. The fourth-order valence-electron chi connectivity index (χ4n) is 2.02. The molecule has 0 aliphatic heterocycles. The van der Waals surface area contributed by atoms with Gasteiger partial charge in [-0.2, -0.15) is 0 Å². The van der Waals surface area contributed by atoms with Crippen molar-refractivity contribution in [3.63, 3.8) is 0 Å². The third kappa shape index (κ3) is 4.78. The van der Waals surface area contributed by atoms with Crippen LogP contribution in [-0.4, -0.2) is 35.5 Å². The number of benzene rings is 1. The summed E-state index contributed by atoms with van der Waals surface area (Å²) < 4.78 is 5.47. The molecule has 0 atom stereocenters. The Morgan fingerprint density at radius 1 is 1.38 bits per heavy atom. The van der Waals surface area contributed by atoms with Gasteiger partial charge < -0.3 is 15.0 Å². The molecule has 0 saturated carbocycles. The molecule has 6 nitrogen and oxygen atoms in total. The fraction of sp³-hybridized carbons (Fsp3) is 0.312. The van der Waals surface area contributed by atoms with Crippen molar-refractivity contribution in [3.8, 4) is 0 Å². The molecule has 0 aliphatic rings. The molecule has 2 aromatic rings. The third-order valence-electron chi connectivity index (χ3n) is 3.17. The first-order chi connectivity index (χ1) is 11.5. The van der Waals surface area contributed by atoms with Crippen LogP contribution >= 0.6 is 27.3 Å². The maximum atomic E-state index is 12.5. The van der Waals surface area contributed by atoms with Gasteiger partial charge in [-0.15, -0.1) is 11.3 Å². The number of methoxy groups -OCH3 is 1. The second-order valence-corrected chi connectivity index (χ2v) is 6.75. The van der Waals surface area contributed by atoms with Crippen LogP contribution in [0, 0.1) is 0 Å². The molecule has 1 N–H and O–H groups in total. The number of ether oxygens (including phenoxy) is 1. The van der Waals surface area contributed by atoms with Crippen molar-refractivity contribution in [1.82, 2.24) is 9.88 Å². The van der Waals surface area contributed by atoms with Crippen LogP contribution in [0.25, 0.3) is 0 Å². The van der Waals surface area contributed by atoms with E-state index in [1.165, 1.54) is 18.4 Å². The lowest BCUT2D eigenvalue weighted by molar-refractivity contribution is 0.0594. The van der Waals surface area contributed by atoms with E-state index < -0.39 is 5.97 Å². The second kappa shape index (κ2) is 8.79. The number of nitrogens with zero attached hydrogens (tertiary/aromatic N) is 2. The smallest absolute Gasteiger partial charge is 0.357 e. The number of urea groups is 1. The van der Waals surface area contributed by atoms with Crippen LogP contribution in [0.4, 0.5) is 10.5 Å². The van der Waals surface area contributed by atoms with Crippen molar-refractivity contribution in [2.75, 3.05) is 19.0 Å². The average molecular weight is 412 g/mol. The Morgan fingerprint density at radius 3 is 2.79 bits per heavy atom. The number of esters is 1. The summed E-state index contributed by atoms with van der Waals surface area (Å²) in [5.41, 5.74) is 0.971. The van der Waals surface area contributed by atoms with Crippen LogP contribution in [0.1, 0.15) is 28.8 Å². The van der Waals surface area contributed by atoms with Gasteiger partial charge in [-0.1, -0.05) is 19.1 Å². The third-order valence-corrected chi connectivity index (χ3v) is 4.69. The fourth-order valence-corrected chi connectivity index (χ4v) is 3.19. The summed E-state index contributed by atoms with van der Waals surface area (Å²) in [6.45, 7) is 2.93. The number of hydrogen-bond acceptors (Lipinski definition) is 5. The van der Waals surface area contributed by atoms with Gasteiger partial charge in [0.05, 0.1) is 19.3 Å². The first-order valence-electron chi connectivity index (χ1n) is 7.38. The molecule has 0 saturated heterocycles. The number of carbonyl (C=O) groups is 2. The highest BCUT2D eigenvalue weighted by atomic mass is 79.9. The van der Waals surface area contributed by atoms with E-state index in [1.54, 1.807) is 10.3 Å². The highest BCUT2D eigenvalue weighted by molar-refractivity contribution is 9.10. The summed E-state index contributed by atoms with van der Waals surface area (Å²) >= 11 is 4.74. The summed E-state index contributed by atoms with van der Waals surface area (Å²) in [5, 5.41) is 5.20. The number of nitrogens with one attached hydrogen (secondary N) is 1. The number of carbonyl (C=O) groups excluding carboxylic acids is 2. The summed E-state index contributed by atoms with van der Waals surface area (Å²) in [6, 6.07) is 7.22. The maximum Gasteiger partial charge on any atom is 0.357 e. The number of aromatic nitrogens is 1. The van der Waals surface area contributed by atoms with Gasteiger partial charge >= 0.3 is 12.0 Å². The Bertz CT molecular complexity index is 720. The topological polar surface area (TPSA) is 71.5 Å². The normalized spacial score (nSPS) is 10.3. The second-order valence-electron chi connectivity index (χ2n) is 4.95. The van der Waals surface area contributed by atoms with E-state index in [9.17, 15) is 9.59 Å². The zero-order valence-electron chi connectivity index (χ0n) is 13.4. The minimum atomic E-state index is -0.475. The van der Waals surface area contributed by atoms with Crippen LogP contribution in [0.5, 0.6) is 0 Å². The number of thiazole rings is 1. The SMILES string of the molecule is CCCN(Cc1nc(C(=O)OC)cs1)C(=O)Nc1ccccc1Br. The number of amides is 2. The van der Waals surface area contributed by atoms with E-state index in [4.69, 9.17) is 0 Å². The van der Waals surface area contributed by atoms with Gasteiger partial charge in [0, 0.05) is 16.4 Å².